The van der Waals surface area contributed by atoms with E-state index in [2.05, 4.69) is 4.99 Å². The van der Waals surface area contributed by atoms with Gasteiger partial charge >= 0.3 is 0 Å². The van der Waals surface area contributed by atoms with Crippen molar-refractivity contribution in [2.75, 3.05) is 0 Å². The fourth-order valence-electron chi connectivity index (χ4n) is 1.28. The maximum Gasteiger partial charge on any atom is 0.0816 e. The Morgan fingerprint density at radius 3 is 2.12 bits per heavy atom. The van der Waals surface area contributed by atoms with Gasteiger partial charge in [0.25, 0.3) is 0 Å². The number of hydrogen-bond acceptors (Lipinski definition) is 1. The number of nitrogens with zero attached hydrogens (tertiary/aromatic N) is 1. The standard InChI is InChI=1S/C13H9Cl2N/c14-11-6-2-1-5-10(11)9-16-13-8-4-3-7-12(13)15/h1-9H/b16-9+. The Kier molecular flexibility index (Phi) is 3.60. The van der Waals surface area contributed by atoms with E-state index in [1.807, 2.05) is 42.5 Å². The van der Waals surface area contributed by atoms with Gasteiger partial charge in [0.15, 0.2) is 0 Å². The summed E-state index contributed by atoms with van der Waals surface area (Å²) >= 11 is 12.0. The second kappa shape index (κ2) is 5.15. The van der Waals surface area contributed by atoms with Crippen molar-refractivity contribution in [2.24, 2.45) is 4.99 Å². The normalized spacial score (nSPS) is 10.9. The molecule has 2 aromatic rings. The average molecular weight is 250 g/mol. The first-order chi connectivity index (χ1) is 7.77. The lowest BCUT2D eigenvalue weighted by Gasteiger charge is -1.98. The fraction of sp³-hybridized carbons (Fsp3) is 0. The number of halogens is 2. The highest BCUT2D eigenvalue weighted by molar-refractivity contribution is 6.34. The van der Waals surface area contributed by atoms with Gasteiger partial charge in [-0.25, -0.2) is 0 Å². The van der Waals surface area contributed by atoms with Gasteiger partial charge in [0, 0.05) is 16.8 Å². The number of rotatable bonds is 2. The van der Waals surface area contributed by atoms with Gasteiger partial charge in [-0.15, -0.1) is 0 Å². The third kappa shape index (κ3) is 2.63. The van der Waals surface area contributed by atoms with Crippen molar-refractivity contribution in [2.45, 2.75) is 0 Å². The van der Waals surface area contributed by atoms with Crippen molar-refractivity contribution in [3.8, 4) is 0 Å². The van der Waals surface area contributed by atoms with Gasteiger partial charge in [-0.3, -0.25) is 4.99 Å². The third-order valence-corrected chi connectivity index (χ3v) is 2.76. The molecule has 3 heteroatoms. The lowest BCUT2D eigenvalue weighted by Crippen LogP contribution is -1.81. The lowest BCUT2D eigenvalue weighted by molar-refractivity contribution is 1.52. The minimum Gasteiger partial charge on any atom is -0.255 e. The SMILES string of the molecule is Clc1ccccc1/C=N/c1ccccc1Cl. The minimum atomic E-state index is 0.630. The summed E-state index contributed by atoms with van der Waals surface area (Å²) in [5, 5.41) is 1.31. The summed E-state index contributed by atoms with van der Waals surface area (Å²) in [5.74, 6) is 0. The number of aliphatic imine (C=N–C) groups is 1. The first-order valence-electron chi connectivity index (χ1n) is 4.80. The third-order valence-electron chi connectivity index (χ3n) is 2.10. The average Bonchev–Trinajstić information content (AvgIpc) is 2.30. The van der Waals surface area contributed by atoms with E-state index in [-0.39, 0.29) is 0 Å². The van der Waals surface area contributed by atoms with Gasteiger partial charge in [-0.05, 0) is 18.2 Å². The van der Waals surface area contributed by atoms with E-state index in [0.29, 0.717) is 10.0 Å². The fourth-order valence-corrected chi connectivity index (χ4v) is 1.64. The van der Waals surface area contributed by atoms with E-state index in [1.54, 1.807) is 12.3 Å². The van der Waals surface area contributed by atoms with E-state index >= 15 is 0 Å². The Morgan fingerprint density at radius 2 is 1.44 bits per heavy atom. The van der Waals surface area contributed by atoms with Crippen LogP contribution in [0.1, 0.15) is 5.56 Å². The molecule has 0 amide bonds. The van der Waals surface area contributed by atoms with Crippen LogP contribution in [-0.2, 0) is 0 Å². The van der Waals surface area contributed by atoms with Crippen LogP contribution >= 0.6 is 23.2 Å². The van der Waals surface area contributed by atoms with Crippen LogP contribution in [0.15, 0.2) is 53.5 Å². The largest absolute Gasteiger partial charge is 0.255 e. The van der Waals surface area contributed by atoms with E-state index in [4.69, 9.17) is 23.2 Å². The predicted octanol–water partition coefficient (Wildman–Crippen LogP) is 4.74. The molecule has 0 aromatic heterocycles. The quantitative estimate of drug-likeness (QED) is 0.682. The molecule has 0 spiro atoms. The molecule has 0 radical (unpaired) electrons. The zero-order chi connectivity index (χ0) is 11.4. The van der Waals surface area contributed by atoms with Crippen LogP contribution in [0.25, 0.3) is 0 Å². The molecule has 0 N–H and O–H groups in total. The minimum absolute atomic E-state index is 0.630. The number of benzene rings is 2. The molecule has 0 saturated heterocycles. The molecule has 0 heterocycles. The summed E-state index contributed by atoms with van der Waals surface area (Å²) in [7, 11) is 0. The Hall–Kier alpha value is -1.31. The second-order valence-electron chi connectivity index (χ2n) is 3.23. The molecule has 0 aliphatic carbocycles. The van der Waals surface area contributed by atoms with Gasteiger partial charge in [-0.1, -0.05) is 53.5 Å². The van der Waals surface area contributed by atoms with Crippen molar-refractivity contribution in [1.29, 1.82) is 0 Å². The van der Waals surface area contributed by atoms with E-state index in [9.17, 15) is 0 Å². The lowest BCUT2D eigenvalue weighted by atomic mass is 10.2. The Morgan fingerprint density at radius 1 is 0.812 bits per heavy atom. The summed E-state index contributed by atoms with van der Waals surface area (Å²) in [5.41, 5.74) is 1.62. The van der Waals surface area contributed by atoms with Gasteiger partial charge in [-0.2, -0.15) is 0 Å². The number of hydrogen-bond donors (Lipinski definition) is 0. The predicted molar refractivity (Wildman–Crippen MR) is 70.2 cm³/mol. The van der Waals surface area contributed by atoms with Crippen molar-refractivity contribution in [3.63, 3.8) is 0 Å². The van der Waals surface area contributed by atoms with Crippen molar-refractivity contribution in [1.82, 2.24) is 0 Å². The highest BCUT2D eigenvalue weighted by Gasteiger charge is 1.97. The summed E-state index contributed by atoms with van der Waals surface area (Å²) in [6.07, 6.45) is 1.71. The highest BCUT2D eigenvalue weighted by atomic mass is 35.5. The Bertz CT molecular complexity index is 473. The summed E-state index contributed by atoms with van der Waals surface area (Å²) in [6.45, 7) is 0. The summed E-state index contributed by atoms with van der Waals surface area (Å²) in [6, 6.07) is 15.0. The molecule has 2 rings (SSSR count). The first kappa shape index (κ1) is 11.2. The molecule has 0 atom stereocenters. The van der Waals surface area contributed by atoms with Crippen LogP contribution in [0.3, 0.4) is 0 Å². The Labute approximate surface area is 104 Å². The van der Waals surface area contributed by atoms with Gasteiger partial charge in [0.1, 0.15) is 0 Å². The topological polar surface area (TPSA) is 12.4 Å². The van der Waals surface area contributed by atoms with E-state index in [1.165, 1.54) is 0 Å². The molecular weight excluding hydrogens is 241 g/mol. The molecule has 80 valence electrons. The molecule has 16 heavy (non-hydrogen) atoms. The van der Waals surface area contributed by atoms with Gasteiger partial charge < -0.3 is 0 Å². The summed E-state index contributed by atoms with van der Waals surface area (Å²) in [4.78, 5) is 4.30. The second-order valence-corrected chi connectivity index (χ2v) is 4.05. The Balaban J connectivity index is 2.29. The van der Waals surface area contributed by atoms with Crippen LogP contribution in [0.5, 0.6) is 0 Å². The van der Waals surface area contributed by atoms with E-state index < -0.39 is 0 Å². The number of para-hydroxylation sites is 1. The van der Waals surface area contributed by atoms with Crippen molar-refractivity contribution >= 4 is 35.1 Å². The van der Waals surface area contributed by atoms with Crippen LogP contribution in [0.2, 0.25) is 10.0 Å². The summed E-state index contributed by atoms with van der Waals surface area (Å²) < 4.78 is 0. The van der Waals surface area contributed by atoms with E-state index in [0.717, 1.165) is 11.3 Å². The zero-order valence-electron chi connectivity index (χ0n) is 8.40. The van der Waals surface area contributed by atoms with Crippen LogP contribution in [-0.4, -0.2) is 6.21 Å². The maximum absolute atomic E-state index is 6.01. The molecule has 0 bridgehead atoms. The molecule has 1 nitrogen and oxygen atoms in total. The van der Waals surface area contributed by atoms with Crippen LogP contribution in [0.4, 0.5) is 5.69 Å². The maximum atomic E-state index is 6.01. The molecule has 0 saturated carbocycles. The molecular formula is C13H9Cl2N. The molecule has 0 aliphatic heterocycles. The molecule has 2 aromatic carbocycles. The highest BCUT2D eigenvalue weighted by Crippen LogP contribution is 2.24. The monoisotopic (exact) mass is 249 g/mol. The zero-order valence-corrected chi connectivity index (χ0v) is 9.91. The van der Waals surface area contributed by atoms with Crippen molar-refractivity contribution < 1.29 is 0 Å². The molecule has 0 aliphatic rings. The molecule has 0 fully saturated rings. The van der Waals surface area contributed by atoms with Gasteiger partial charge in [0.05, 0.1) is 10.7 Å². The van der Waals surface area contributed by atoms with Crippen LogP contribution in [0, 0.1) is 0 Å². The molecule has 0 unspecified atom stereocenters. The van der Waals surface area contributed by atoms with Crippen LogP contribution < -0.4 is 0 Å². The van der Waals surface area contributed by atoms with Gasteiger partial charge in [0.2, 0.25) is 0 Å². The smallest absolute Gasteiger partial charge is 0.0816 e. The van der Waals surface area contributed by atoms with Crippen molar-refractivity contribution in [3.05, 3.63) is 64.1 Å². The first-order valence-corrected chi connectivity index (χ1v) is 5.56.